The number of nitrogens with zero attached hydrogens (tertiary/aromatic N) is 2. The van der Waals surface area contributed by atoms with Crippen molar-refractivity contribution in [2.45, 2.75) is 31.8 Å². The van der Waals surface area contributed by atoms with E-state index in [-0.39, 0.29) is 12.5 Å². The Bertz CT molecular complexity index is 792. The zero-order chi connectivity index (χ0) is 15.6. The molecule has 0 aromatic carbocycles. The first-order valence-electron chi connectivity index (χ1n) is 8.21. The number of carbonyl (C=O) groups excluding carboxylic acids is 1. The van der Waals surface area contributed by atoms with Crippen molar-refractivity contribution in [3.05, 3.63) is 22.3 Å². The van der Waals surface area contributed by atoms with Crippen LogP contribution >= 0.6 is 23.6 Å². The van der Waals surface area contributed by atoms with Crippen LogP contribution in [0.5, 0.6) is 0 Å². The Labute approximate surface area is 143 Å². The molecule has 2 bridgehead atoms. The number of thiophene rings is 1. The summed E-state index contributed by atoms with van der Waals surface area (Å²) in [4.78, 5) is 13.5. The molecule has 3 aliphatic rings. The highest BCUT2D eigenvalue weighted by atomic mass is 32.1. The number of aromatic amines is 1. The molecule has 5 nitrogen and oxygen atoms in total. The number of amides is 1. The second-order valence-corrected chi connectivity index (χ2v) is 8.33. The second kappa shape index (κ2) is 5.01. The van der Waals surface area contributed by atoms with Crippen molar-refractivity contribution in [1.82, 2.24) is 20.1 Å². The maximum atomic E-state index is 12.5. The van der Waals surface area contributed by atoms with Gasteiger partial charge >= 0.3 is 0 Å². The second-order valence-electron chi connectivity index (χ2n) is 7.00. The number of hydrogen-bond donors (Lipinski definition) is 2. The summed E-state index contributed by atoms with van der Waals surface area (Å²) in [6, 6.07) is 4.39. The summed E-state index contributed by atoms with van der Waals surface area (Å²) in [5, 5.41) is 12.3. The molecule has 7 heteroatoms. The molecule has 0 spiro atoms. The largest absolute Gasteiger partial charge is 0.351 e. The lowest BCUT2D eigenvalue weighted by atomic mass is 10.0. The molecule has 3 saturated carbocycles. The van der Waals surface area contributed by atoms with E-state index in [0.29, 0.717) is 10.8 Å². The number of rotatable bonds is 4. The van der Waals surface area contributed by atoms with Gasteiger partial charge in [0, 0.05) is 6.04 Å². The van der Waals surface area contributed by atoms with Gasteiger partial charge in [0.25, 0.3) is 0 Å². The first-order valence-corrected chi connectivity index (χ1v) is 9.49. The highest BCUT2D eigenvalue weighted by Crippen LogP contribution is 2.65. The molecule has 4 atom stereocenters. The molecule has 0 radical (unpaired) electrons. The molecular weight excluding hydrogens is 328 g/mol. The Balaban J connectivity index is 1.30. The topological polar surface area (TPSA) is 62.7 Å². The SMILES string of the molecule is O=C(Cn1c(-c2cccs2)n[nH]c1=S)NC1[C@H]2[C@H]3CC[C@@H](C3)[C@H]12. The van der Waals surface area contributed by atoms with Gasteiger partial charge in [-0.3, -0.25) is 14.5 Å². The van der Waals surface area contributed by atoms with E-state index in [4.69, 9.17) is 12.2 Å². The summed E-state index contributed by atoms with van der Waals surface area (Å²) in [5.74, 6) is 4.05. The van der Waals surface area contributed by atoms with E-state index in [1.165, 1.54) is 19.3 Å². The molecule has 3 aliphatic carbocycles. The Morgan fingerprint density at radius 1 is 1.43 bits per heavy atom. The van der Waals surface area contributed by atoms with Crippen molar-refractivity contribution in [1.29, 1.82) is 0 Å². The van der Waals surface area contributed by atoms with E-state index >= 15 is 0 Å². The summed E-state index contributed by atoms with van der Waals surface area (Å²) in [6.07, 6.45) is 4.14. The summed E-state index contributed by atoms with van der Waals surface area (Å²) >= 11 is 6.89. The first-order chi connectivity index (χ1) is 11.2. The van der Waals surface area contributed by atoms with Crippen molar-refractivity contribution in [2.24, 2.45) is 23.7 Å². The van der Waals surface area contributed by atoms with Gasteiger partial charge in [-0.05, 0) is 66.6 Å². The van der Waals surface area contributed by atoms with Crippen molar-refractivity contribution < 1.29 is 4.79 Å². The Morgan fingerprint density at radius 2 is 2.22 bits per heavy atom. The zero-order valence-corrected chi connectivity index (χ0v) is 14.2. The summed E-state index contributed by atoms with van der Waals surface area (Å²) in [7, 11) is 0. The van der Waals surface area contributed by atoms with Crippen molar-refractivity contribution in [2.75, 3.05) is 0 Å². The first kappa shape index (κ1) is 13.9. The molecule has 1 amide bonds. The molecule has 0 saturated heterocycles. The standard InChI is InChI=1S/C16H18N4OS2/c21-11(17-14-12-8-3-4-9(6-8)13(12)14)7-20-15(18-19-16(20)22)10-2-1-5-23-10/h1-2,5,8-9,12-14H,3-4,6-7H2,(H,17,21)(H,19,22)/t8-,9-,12-,13-/m0/s1. The van der Waals surface area contributed by atoms with Crippen LogP contribution in [0.25, 0.3) is 10.7 Å². The monoisotopic (exact) mass is 346 g/mol. The quantitative estimate of drug-likeness (QED) is 0.837. The van der Waals surface area contributed by atoms with Gasteiger partial charge in [0.05, 0.1) is 4.88 Å². The van der Waals surface area contributed by atoms with Crippen LogP contribution in [0.15, 0.2) is 17.5 Å². The highest BCUT2D eigenvalue weighted by molar-refractivity contribution is 7.71. The predicted octanol–water partition coefficient (Wildman–Crippen LogP) is 2.83. The molecule has 2 aromatic heterocycles. The highest BCUT2D eigenvalue weighted by Gasteiger charge is 2.65. The number of carbonyl (C=O) groups is 1. The smallest absolute Gasteiger partial charge is 0.240 e. The fourth-order valence-corrected chi connectivity index (χ4v) is 5.87. The van der Waals surface area contributed by atoms with E-state index < -0.39 is 0 Å². The van der Waals surface area contributed by atoms with Crippen LogP contribution in [-0.4, -0.2) is 26.7 Å². The number of fused-ring (bicyclic) bond motifs is 5. The van der Waals surface area contributed by atoms with E-state index in [1.807, 2.05) is 17.5 Å². The van der Waals surface area contributed by atoms with Gasteiger partial charge in [-0.1, -0.05) is 6.07 Å². The third-order valence-corrected chi connectivity index (χ3v) is 7.04. The average Bonchev–Trinajstić information content (AvgIpc) is 3.07. The van der Waals surface area contributed by atoms with Gasteiger partial charge in [0.1, 0.15) is 6.54 Å². The van der Waals surface area contributed by atoms with Crippen LogP contribution in [-0.2, 0) is 11.3 Å². The molecule has 120 valence electrons. The van der Waals surface area contributed by atoms with E-state index in [2.05, 4.69) is 15.5 Å². The minimum absolute atomic E-state index is 0.0547. The molecule has 5 rings (SSSR count). The van der Waals surface area contributed by atoms with Crippen molar-refractivity contribution in [3.8, 4) is 10.7 Å². The summed E-state index contributed by atoms with van der Waals surface area (Å²) < 4.78 is 2.29. The van der Waals surface area contributed by atoms with Gasteiger partial charge in [-0.25, -0.2) is 0 Å². The van der Waals surface area contributed by atoms with Gasteiger partial charge in [0.2, 0.25) is 5.91 Å². The number of aromatic nitrogens is 3. The van der Waals surface area contributed by atoms with Crippen molar-refractivity contribution in [3.63, 3.8) is 0 Å². The lowest BCUT2D eigenvalue weighted by molar-refractivity contribution is -0.122. The van der Waals surface area contributed by atoms with Gasteiger partial charge in [-0.15, -0.1) is 11.3 Å². The third-order valence-electron chi connectivity index (χ3n) is 5.86. The normalized spacial score (nSPS) is 33.7. The van der Waals surface area contributed by atoms with E-state index in [0.717, 1.165) is 34.4 Å². The number of hydrogen-bond acceptors (Lipinski definition) is 4. The van der Waals surface area contributed by atoms with E-state index in [9.17, 15) is 4.79 Å². The molecule has 2 N–H and O–H groups in total. The van der Waals surface area contributed by atoms with Crippen LogP contribution < -0.4 is 5.32 Å². The van der Waals surface area contributed by atoms with Crippen LogP contribution in [0, 0.1) is 28.4 Å². The average molecular weight is 346 g/mol. The molecular formula is C16H18N4OS2. The predicted molar refractivity (Wildman–Crippen MR) is 90.5 cm³/mol. The Hall–Kier alpha value is -1.47. The molecule has 0 aliphatic heterocycles. The lowest BCUT2D eigenvalue weighted by Crippen LogP contribution is -2.33. The van der Waals surface area contributed by atoms with Crippen LogP contribution in [0.3, 0.4) is 0 Å². The minimum Gasteiger partial charge on any atom is -0.351 e. The van der Waals surface area contributed by atoms with Gasteiger partial charge < -0.3 is 5.32 Å². The molecule has 0 unspecified atom stereocenters. The van der Waals surface area contributed by atoms with E-state index in [1.54, 1.807) is 15.9 Å². The summed E-state index contributed by atoms with van der Waals surface area (Å²) in [5.41, 5.74) is 0. The number of nitrogens with one attached hydrogen (secondary N) is 2. The lowest BCUT2D eigenvalue weighted by Gasteiger charge is -2.11. The minimum atomic E-state index is 0.0547. The molecule has 3 fully saturated rings. The van der Waals surface area contributed by atoms with Crippen molar-refractivity contribution >= 4 is 29.5 Å². The molecule has 2 aromatic rings. The van der Waals surface area contributed by atoms with Crippen LogP contribution in [0.2, 0.25) is 0 Å². The Kier molecular flexibility index (Phi) is 3.03. The van der Waals surface area contributed by atoms with Crippen LogP contribution in [0.1, 0.15) is 19.3 Å². The van der Waals surface area contributed by atoms with Gasteiger partial charge in [-0.2, -0.15) is 5.10 Å². The fourth-order valence-electron chi connectivity index (χ4n) is 4.95. The molecule has 23 heavy (non-hydrogen) atoms. The zero-order valence-electron chi connectivity index (χ0n) is 12.6. The summed E-state index contributed by atoms with van der Waals surface area (Å²) in [6.45, 7) is 0.244. The third kappa shape index (κ3) is 2.13. The maximum absolute atomic E-state index is 12.5. The molecule has 2 heterocycles. The Morgan fingerprint density at radius 3 is 2.91 bits per heavy atom. The number of H-pyrrole nitrogens is 1. The van der Waals surface area contributed by atoms with Crippen LogP contribution in [0.4, 0.5) is 0 Å². The maximum Gasteiger partial charge on any atom is 0.240 e. The fraction of sp³-hybridized carbons (Fsp3) is 0.562. The van der Waals surface area contributed by atoms with Gasteiger partial charge in [0.15, 0.2) is 10.6 Å².